The summed E-state index contributed by atoms with van der Waals surface area (Å²) in [6.45, 7) is 1.46. The smallest absolute Gasteiger partial charge is 0.148 e. The highest BCUT2D eigenvalue weighted by molar-refractivity contribution is 5.98. The molecule has 10 rings (SSSR count). The van der Waals surface area contributed by atoms with Gasteiger partial charge in [0.2, 0.25) is 0 Å². The molecular formula is C60H56N6O3. The molecule has 0 aliphatic heterocycles. The van der Waals surface area contributed by atoms with Crippen molar-refractivity contribution in [1.29, 1.82) is 0 Å². The average molecular weight is 909 g/mol. The lowest BCUT2D eigenvalue weighted by molar-refractivity contribution is 0.0409. The Hall–Kier alpha value is -7.66. The molecule has 2 unspecified atom stereocenters. The van der Waals surface area contributed by atoms with Crippen LogP contribution in [0.1, 0.15) is 35.3 Å². The fourth-order valence-electron chi connectivity index (χ4n) is 8.87. The lowest BCUT2D eigenvalue weighted by atomic mass is 9.82. The van der Waals surface area contributed by atoms with Crippen molar-refractivity contribution in [3.8, 4) is 44.8 Å². The van der Waals surface area contributed by atoms with E-state index in [9.17, 15) is 10.2 Å². The molecule has 0 saturated carbocycles. The number of nitrogens with zero attached hydrogens (tertiary/aromatic N) is 6. The molecule has 0 bridgehead atoms. The van der Waals surface area contributed by atoms with Crippen molar-refractivity contribution >= 4 is 21.8 Å². The van der Waals surface area contributed by atoms with E-state index in [0.29, 0.717) is 25.1 Å². The number of pyridine rings is 4. The van der Waals surface area contributed by atoms with Crippen molar-refractivity contribution < 1.29 is 14.6 Å². The zero-order valence-corrected chi connectivity index (χ0v) is 39.4. The van der Waals surface area contributed by atoms with Crippen LogP contribution in [0.15, 0.2) is 211 Å². The first-order chi connectivity index (χ1) is 33.6. The van der Waals surface area contributed by atoms with Crippen molar-refractivity contribution in [2.45, 2.75) is 24.0 Å². The third-order valence-electron chi connectivity index (χ3n) is 12.7. The number of rotatable bonds is 14. The van der Waals surface area contributed by atoms with Gasteiger partial charge in [0, 0.05) is 66.2 Å². The van der Waals surface area contributed by atoms with Gasteiger partial charge >= 0.3 is 0 Å². The molecule has 0 fully saturated rings. The van der Waals surface area contributed by atoms with Crippen LogP contribution in [0, 0.1) is 0 Å². The molecule has 69 heavy (non-hydrogen) atoms. The van der Waals surface area contributed by atoms with E-state index in [-0.39, 0.29) is 0 Å². The van der Waals surface area contributed by atoms with Crippen molar-refractivity contribution in [2.75, 3.05) is 41.3 Å². The maximum atomic E-state index is 12.1. The molecule has 0 radical (unpaired) electrons. The van der Waals surface area contributed by atoms with Crippen LogP contribution in [0.3, 0.4) is 0 Å². The van der Waals surface area contributed by atoms with E-state index in [2.05, 4.69) is 68.3 Å². The molecule has 344 valence electrons. The molecule has 0 aliphatic rings. The highest BCUT2D eigenvalue weighted by atomic mass is 16.4. The second-order valence-corrected chi connectivity index (χ2v) is 18.0. The van der Waals surface area contributed by atoms with Crippen molar-refractivity contribution in [2.24, 2.45) is 0 Å². The Balaban J connectivity index is 0.000000172. The molecule has 5 aromatic heterocycles. The van der Waals surface area contributed by atoms with Crippen LogP contribution < -0.4 is 0 Å². The summed E-state index contributed by atoms with van der Waals surface area (Å²) in [5.41, 5.74) is 9.93. The summed E-state index contributed by atoms with van der Waals surface area (Å²) in [5.74, 6) is 0.537. The zero-order chi connectivity index (χ0) is 47.8. The van der Waals surface area contributed by atoms with Gasteiger partial charge in [0.25, 0.3) is 0 Å². The molecule has 9 nitrogen and oxygen atoms in total. The number of hydrogen-bond donors (Lipinski definition) is 2. The molecule has 0 saturated heterocycles. The fourth-order valence-corrected chi connectivity index (χ4v) is 8.87. The number of aliphatic hydroxyl groups is 2. The fraction of sp³-hybridized carbons (Fsp3) is 0.167. The van der Waals surface area contributed by atoms with Gasteiger partial charge in [0.05, 0.1) is 28.7 Å². The van der Waals surface area contributed by atoms with Gasteiger partial charge in [-0.3, -0.25) is 9.97 Å². The van der Waals surface area contributed by atoms with Crippen LogP contribution in [0.25, 0.3) is 66.6 Å². The van der Waals surface area contributed by atoms with Crippen LogP contribution >= 0.6 is 0 Å². The second-order valence-electron chi connectivity index (χ2n) is 18.0. The molecule has 5 heterocycles. The standard InChI is InChI=1S/C31H29N3O.C29H27N3O2/c1-34(2)19-17-31(35,25-13-7-4-8-14-25)26-15-16-29-28(20-26)27(23-10-5-3-6-11-23)21-30(33-29)24-12-9-18-32-22-24;1-32(2)16-14-29(33,28-11-7-17-34-28)23-12-13-26-25(18-23)24(21-8-4-3-5-9-21)19-27(31-26)22-10-6-15-30-20-22/h3-16,18,20-22,35H,17,19H2,1-2H3;3-13,15,17-20,33H,14,16H2,1-2H3. The second kappa shape index (κ2) is 20.7. The summed E-state index contributed by atoms with van der Waals surface area (Å²) >= 11 is 0. The van der Waals surface area contributed by atoms with Crippen molar-refractivity contribution in [3.63, 3.8) is 0 Å². The van der Waals surface area contributed by atoms with E-state index in [0.717, 1.165) is 89.8 Å². The van der Waals surface area contributed by atoms with E-state index < -0.39 is 11.2 Å². The summed E-state index contributed by atoms with van der Waals surface area (Å²) < 4.78 is 5.70. The Kier molecular flexibility index (Phi) is 13.9. The van der Waals surface area contributed by atoms with Gasteiger partial charge in [-0.25, -0.2) is 9.97 Å². The Labute approximate surface area is 404 Å². The lowest BCUT2D eigenvalue weighted by Gasteiger charge is -2.31. The van der Waals surface area contributed by atoms with E-state index in [1.807, 2.05) is 168 Å². The molecule has 9 heteroatoms. The van der Waals surface area contributed by atoms with Crippen LogP contribution in [0.5, 0.6) is 0 Å². The maximum Gasteiger partial charge on any atom is 0.148 e. The Bertz CT molecular complexity index is 3250. The average Bonchev–Trinajstić information content (AvgIpc) is 3.96. The van der Waals surface area contributed by atoms with Crippen LogP contribution in [0.4, 0.5) is 0 Å². The van der Waals surface area contributed by atoms with E-state index >= 15 is 0 Å². The highest BCUT2D eigenvalue weighted by Gasteiger charge is 2.35. The zero-order valence-electron chi connectivity index (χ0n) is 39.4. The monoisotopic (exact) mass is 908 g/mol. The van der Waals surface area contributed by atoms with Gasteiger partial charge in [-0.1, -0.05) is 103 Å². The Morgan fingerprint density at radius 2 is 0.899 bits per heavy atom. The normalized spacial score (nSPS) is 13.2. The number of aromatic nitrogens is 4. The van der Waals surface area contributed by atoms with Crippen LogP contribution in [0.2, 0.25) is 0 Å². The SMILES string of the molecule is CN(C)CCC(O)(c1ccc2nc(-c3cccnc3)cc(-c3ccccc3)c2c1)c1ccco1.CN(C)CCC(O)(c1ccccc1)c1ccc2nc(-c3cccnc3)cc(-c3ccccc3)c2c1. The molecular weight excluding hydrogens is 853 g/mol. The van der Waals surface area contributed by atoms with Crippen LogP contribution in [-0.2, 0) is 11.2 Å². The predicted octanol–water partition coefficient (Wildman–Crippen LogP) is 11.9. The van der Waals surface area contributed by atoms with Crippen molar-refractivity contribution in [3.05, 3.63) is 229 Å². The van der Waals surface area contributed by atoms with Gasteiger partial charge < -0.3 is 24.4 Å². The molecule has 0 aliphatic carbocycles. The summed E-state index contributed by atoms with van der Waals surface area (Å²) in [5, 5.41) is 26.0. The minimum absolute atomic E-state index is 0.501. The quantitative estimate of drug-likeness (QED) is 0.110. The highest BCUT2D eigenvalue weighted by Crippen LogP contribution is 2.40. The minimum atomic E-state index is -1.25. The molecule has 5 aromatic carbocycles. The van der Waals surface area contributed by atoms with Gasteiger partial charge in [-0.15, -0.1) is 0 Å². The number of benzene rings is 5. The first kappa shape index (κ1) is 46.5. The number of furan rings is 1. The molecule has 2 N–H and O–H groups in total. The third kappa shape index (κ3) is 10.3. The van der Waals surface area contributed by atoms with Crippen LogP contribution in [-0.4, -0.2) is 81.2 Å². The van der Waals surface area contributed by atoms with E-state index in [4.69, 9.17) is 14.4 Å². The minimum Gasteiger partial charge on any atom is -0.466 e. The van der Waals surface area contributed by atoms with Gasteiger partial charge in [-0.2, -0.15) is 0 Å². The number of fused-ring (bicyclic) bond motifs is 2. The molecule has 2 atom stereocenters. The molecule has 0 amide bonds. The first-order valence-electron chi connectivity index (χ1n) is 23.2. The summed E-state index contributed by atoms with van der Waals surface area (Å²) in [6, 6.07) is 58.5. The molecule has 0 spiro atoms. The number of hydrogen-bond acceptors (Lipinski definition) is 9. The Morgan fingerprint density at radius 3 is 1.33 bits per heavy atom. The largest absolute Gasteiger partial charge is 0.466 e. The predicted molar refractivity (Wildman–Crippen MR) is 278 cm³/mol. The summed E-state index contributed by atoms with van der Waals surface area (Å²) in [6.07, 6.45) is 9.89. The Morgan fingerprint density at radius 1 is 0.449 bits per heavy atom. The van der Waals surface area contributed by atoms with Crippen molar-refractivity contribution in [1.82, 2.24) is 29.7 Å². The maximum absolute atomic E-state index is 12.1. The third-order valence-corrected chi connectivity index (χ3v) is 12.7. The lowest BCUT2D eigenvalue weighted by Crippen LogP contribution is -2.31. The first-order valence-corrected chi connectivity index (χ1v) is 23.2. The summed E-state index contributed by atoms with van der Waals surface area (Å²) in [4.78, 5) is 22.6. The van der Waals surface area contributed by atoms with Gasteiger partial charge in [0.1, 0.15) is 17.0 Å². The topological polar surface area (TPSA) is 112 Å². The van der Waals surface area contributed by atoms with E-state index in [1.165, 1.54) is 0 Å². The van der Waals surface area contributed by atoms with E-state index in [1.54, 1.807) is 18.7 Å². The molecule has 10 aromatic rings. The van der Waals surface area contributed by atoms with Gasteiger partial charge in [0.15, 0.2) is 0 Å². The summed E-state index contributed by atoms with van der Waals surface area (Å²) in [7, 11) is 8.06. The van der Waals surface area contributed by atoms with Gasteiger partial charge in [-0.05, 0) is 146 Å².